The van der Waals surface area contributed by atoms with Crippen molar-refractivity contribution in [2.24, 2.45) is 0 Å². The van der Waals surface area contributed by atoms with Crippen LogP contribution in [0.25, 0.3) is 52.6 Å². The third kappa shape index (κ3) is 2.58. The van der Waals surface area contributed by atoms with Crippen LogP contribution in [0, 0.1) is 0 Å². The number of imidazole rings is 2. The number of aromatic nitrogens is 4. The van der Waals surface area contributed by atoms with Crippen LogP contribution in [0.4, 0.5) is 0 Å². The third-order valence-electron chi connectivity index (χ3n) is 4.89. The molecule has 0 amide bonds. The van der Waals surface area contributed by atoms with Crippen molar-refractivity contribution >= 4 is 43.1 Å². The van der Waals surface area contributed by atoms with E-state index >= 15 is 0 Å². The van der Waals surface area contributed by atoms with Gasteiger partial charge in [-0.05, 0) is 41.0 Å². The smallest absolute Gasteiger partial charge is 0.0931 e. The monoisotopic (exact) mass is 398 g/mol. The second-order valence-electron chi connectivity index (χ2n) is 6.63. The maximum absolute atomic E-state index is 4.37. The van der Waals surface area contributed by atoms with Crippen LogP contribution in [0.5, 0.6) is 0 Å². The molecule has 0 spiro atoms. The SMILES string of the molecule is c1ncc(-c2ccc(-c3cc4sc(-c5ccc6[nH]cnc6c5)cc4s3)cc2)[nH]1. The molecule has 0 bridgehead atoms. The minimum Gasteiger partial charge on any atom is -0.345 e. The second-order valence-corrected chi connectivity index (χ2v) is 8.79. The van der Waals surface area contributed by atoms with Gasteiger partial charge in [0.15, 0.2) is 0 Å². The van der Waals surface area contributed by atoms with E-state index in [0.717, 1.165) is 22.3 Å². The lowest BCUT2D eigenvalue weighted by Crippen LogP contribution is -1.77. The number of aromatic amines is 2. The summed E-state index contributed by atoms with van der Waals surface area (Å²) in [5, 5.41) is 0. The Bertz CT molecular complexity index is 1370. The van der Waals surface area contributed by atoms with E-state index in [2.05, 4.69) is 74.5 Å². The quantitative estimate of drug-likeness (QED) is 0.354. The molecule has 0 aliphatic heterocycles. The molecule has 2 aromatic carbocycles. The Balaban J connectivity index is 1.34. The van der Waals surface area contributed by atoms with Gasteiger partial charge in [0.2, 0.25) is 0 Å². The summed E-state index contributed by atoms with van der Waals surface area (Å²) >= 11 is 3.68. The Morgan fingerprint density at radius 2 is 1.39 bits per heavy atom. The van der Waals surface area contributed by atoms with Crippen LogP contribution in [0.3, 0.4) is 0 Å². The van der Waals surface area contributed by atoms with Crippen molar-refractivity contribution < 1.29 is 0 Å². The molecule has 0 atom stereocenters. The molecule has 0 saturated carbocycles. The zero-order valence-electron chi connectivity index (χ0n) is 14.6. The minimum absolute atomic E-state index is 1.01. The Hall–Kier alpha value is -3.22. The summed E-state index contributed by atoms with van der Waals surface area (Å²) in [6.07, 6.45) is 5.29. The normalized spacial score (nSPS) is 11.6. The van der Waals surface area contributed by atoms with Crippen molar-refractivity contribution in [1.82, 2.24) is 19.9 Å². The lowest BCUT2D eigenvalue weighted by Gasteiger charge is -2.00. The average Bonchev–Trinajstić information content (AvgIpc) is 3.51. The molecule has 134 valence electrons. The van der Waals surface area contributed by atoms with Gasteiger partial charge in [-0.2, -0.15) is 0 Å². The summed E-state index contributed by atoms with van der Waals surface area (Å²) in [5.74, 6) is 0. The van der Waals surface area contributed by atoms with E-state index in [9.17, 15) is 0 Å². The maximum atomic E-state index is 4.37. The highest BCUT2D eigenvalue weighted by atomic mass is 32.1. The summed E-state index contributed by atoms with van der Waals surface area (Å²) < 4.78 is 2.66. The van der Waals surface area contributed by atoms with Gasteiger partial charge in [0, 0.05) is 19.2 Å². The van der Waals surface area contributed by atoms with Crippen molar-refractivity contribution in [2.75, 3.05) is 0 Å². The fourth-order valence-corrected chi connectivity index (χ4v) is 5.83. The van der Waals surface area contributed by atoms with Gasteiger partial charge in [0.1, 0.15) is 0 Å². The Morgan fingerprint density at radius 3 is 2.14 bits per heavy atom. The highest BCUT2D eigenvalue weighted by molar-refractivity contribution is 7.31. The molecule has 0 saturated heterocycles. The third-order valence-corrected chi connectivity index (χ3v) is 7.28. The molecular weight excluding hydrogens is 384 g/mol. The standard InChI is InChI=1S/C22H14N4S2/c1-3-14(4-2-13(1)18-10-23-11-24-18)19-8-21-22(27-19)9-20(28-21)15-5-6-16-17(7-15)26-12-25-16/h1-12H,(H,23,24)(H,25,26). The number of thiophene rings is 2. The summed E-state index contributed by atoms with van der Waals surface area (Å²) in [5.41, 5.74) is 6.73. The molecule has 0 aliphatic carbocycles. The van der Waals surface area contributed by atoms with Crippen molar-refractivity contribution in [3.05, 3.63) is 73.4 Å². The zero-order valence-corrected chi connectivity index (χ0v) is 16.3. The van der Waals surface area contributed by atoms with Crippen molar-refractivity contribution in [1.29, 1.82) is 0 Å². The first-order valence-electron chi connectivity index (χ1n) is 8.89. The highest BCUT2D eigenvalue weighted by Crippen LogP contribution is 2.42. The van der Waals surface area contributed by atoms with Crippen molar-refractivity contribution in [3.8, 4) is 32.1 Å². The topological polar surface area (TPSA) is 57.4 Å². The van der Waals surface area contributed by atoms with Gasteiger partial charge < -0.3 is 9.97 Å². The Labute approximate surface area is 168 Å². The minimum atomic E-state index is 1.01. The van der Waals surface area contributed by atoms with Crippen LogP contribution in [0.2, 0.25) is 0 Å². The molecule has 6 rings (SSSR count). The van der Waals surface area contributed by atoms with Gasteiger partial charge in [-0.15, -0.1) is 22.7 Å². The molecule has 4 heterocycles. The van der Waals surface area contributed by atoms with E-state index in [-0.39, 0.29) is 0 Å². The van der Waals surface area contributed by atoms with E-state index in [4.69, 9.17) is 0 Å². The first-order valence-corrected chi connectivity index (χ1v) is 10.5. The number of nitrogens with one attached hydrogen (secondary N) is 2. The van der Waals surface area contributed by atoms with Crippen molar-refractivity contribution in [2.45, 2.75) is 0 Å². The molecule has 0 unspecified atom stereocenters. The predicted octanol–water partition coefficient (Wildman–Crippen LogP) is 6.56. The van der Waals surface area contributed by atoms with Crippen LogP contribution in [-0.4, -0.2) is 19.9 Å². The average molecular weight is 399 g/mol. The molecule has 28 heavy (non-hydrogen) atoms. The van der Waals surface area contributed by atoms with Crippen LogP contribution in [-0.2, 0) is 0 Å². The molecule has 4 nitrogen and oxygen atoms in total. The molecule has 0 fully saturated rings. The zero-order chi connectivity index (χ0) is 18.5. The van der Waals surface area contributed by atoms with E-state index in [1.165, 1.54) is 30.3 Å². The summed E-state index contributed by atoms with van der Waals surface area (Å²) in [6.45, 7) is 0. The number of rotatable bonds is 3. The Kier molecular flexibility index (Phi) is 3.47. The van der Waals surface area contributed by atoms with Crippen LogP contribution < -0.4 is 0 Å². The van der Waals surface area contributed by atoms with Gasteiger partial charge in [-0.3, -0.25) is 0 Å². The van der Waals surface area contributed by atoms with Gasteiger partial charge in [-0.25, -0.2) is 9.97 Å². The molecule has 4 aromatic heterocycles. The molecule has 0 radical (unpaired) electrons. The lowest BCUT2D eigenvalue weighted by atomic mass is 10.1. The second kappa shape index (κ2) is 6.15. The fraction of sp³-hybridized carbons (Fsp3) is 0. The maximum Gasteiger partial charge on any atom is 0.0931 e. The molecule has 2 N–H and O–H groups in total. The van der Waals surface area contributed by atoms with E-state index < -0.39 is 0 Å². The van der Waals surface area contributed by atoms with Crippen molar-refractivity contribution in [3.63, 3.8) is 0 Å². The van der Waals surface area contributed by atoms with Crippen LogP contribution in [0.1, 0.15) is 0 Å². The molecular formula is C22H14N4S2. The number of benzene rings is 2. The van der Waals surface area contributed by atoms with Crippen LogP contribution in [0.15, 0.2) is 73.4 Å². The number of hydrogen-bond donors (Lipinski definition) is 2. The number of H-pyrrole nitrogens is 2. The van der Waals surface area contributed by atoms with E-state index in [0.29, 0.717) is 0 Å². The van der Waals surface area contributed by atoms with E-state index in [1.807, 2.05) is 28.9 Å². The number of nitrogens with zero attached hydrogens (tertiary/aromatic N) is 2. The van der Waals surface area contributed by atoms with Gasteiger partial charge in [0.25, 0.3) is 0 Å². The molecule has 6 heteroatoms. The molecule has 0 aliphatic rings. The summed E-state index contributed by atoms with van der Waals surface area (Å²) in [4.78, 5) is 17.3. The van der Waals surface area contributed by atoms with Gasteiger partial charge in [0.05, 0.1) is 35.6 Å². The van der Waals surface area contributed by atoms with Crippen LogP contribution >= 0.6 is 22.7 Å². The number of fused-ring (bicyclic) bond motifs is 2. The Morgan fingerprint density at radius 1 is 0.679 bits per heavy atom. The molecule has 6 aromatic rings. The van der Waals surface area contributed by atoms with E-state index in [1.54, 1.807) is 12.7 Å². The van der Waals surface area contributed by atoms with Gasteiger partial charge in [-0.1, -0.05) is 30.3 Å². The summed E-state index contributed by atoms with van der Waals surface area (Å²) in [7, 11) is 0. The first kappa shape index (κ1) is 15.8. The van der Waals surface area contributed by atoms with Gasteiger partial charge >= 0.3 is 0 Å². The predicted molar refractivity (Wildman–Crippen MR) is 118 cm³/mol. The first-order chi connectivity index (χ1) is 13.8. The lowest BCUT2D eigenvalue weighted by molar-refractivity contribution is 1.31. The largest absolute Gasteiger partial charge is 0.345 e. The summed E-state index contributed by atoms with van der Waals surface area (Å²) in [6, 6.07) is 19.6. The number of hydrogen-bond acceptors (Lipinski definition) is 4. The highest BCUT2D eigenvalue weighted by Gasteiger charge is 2.11. The fourth-order valence-electron chi connectivity index (χ4n) is 3.43.